The summed E-state index contributed by atoms with van der Waals surface area (Å²) >= 11 is 0. The van der Waals surface area contributed by atoms with Gasteiger partial charge in [-0.3, -0.25) is 0 Å². The summed E-state index contributed by atoms with van der Waals surface area (Å²) in [6.07, 6.45) is -4.27. The van der Waals surface area contributed by atoms with Gasteiger partial charge in [0.2, 0.25) is 0 Å². The smallest absolute Gasteiger partial charge is 0.338 e. The second-order valence-electron chi connectivity index (χ2n) is 10.0. The molecule has 1 fully saturated rings. The Labute approximate surface area is 246 Å². The van der Waals surface area contributed by atoms with Gasteiger partial charge in [-0.05, 0) is 22.3 Å². The Kier molecular flexibility index (Phi) is 10.9. The maximum absolute atomic E-state index is 13.6. The summed E-state index contributed by atoms with van der Waals surface area (Å²) in [4.78, 5) is 13.6. The van der Waals surface area contributed by atoms with Crippen LogP contribution in [0.1, 0.15) is 22.3 Å². The third kappa shape index (κ3) is 8.12. The summed E-state index contributed by atoms with van der Waals surface area (Å²) in [5, 5.41) is 0. The van der Waals surface area contributed by atoms with Crippen molar-refractivity contribution in [3.8, 4) is 0 Å². The number of methoxy groups -OCH3 is 1. The SMILES string of the molecule is CO[C@H]1O[C@@H](C(=O)OCc2ccccc2)[C@@H](OCc2ccccc2)[C@@H](OCc2ccccc2)[C@H]1OCc1ccccc1. The van der Waals surface area contributed by atoms with Gasteiger partial charge >= 0.3 is 5.97 Å². The molecule has 0 saturated carbocycles. The molecule has 4 aromatic rings. The van der Waals surface area contributed by atoms with Crippen LogP contribution < -0.4 is 0 Å². The molecule has 1 aliphatic rings. The first-order valence-electron chi connectivity index (χ1n) is 14.1. The number of hydrogen-bond donors (Lipinski definition) is 0. The number of rotatable bonds is 13. The Morgan fingerprint density at radius 3 is 1.36 bits per heavy atom. The van der Waals surface area contributed by atoms with Crippen LogP contribution in [0.5, 0.6) is 0 Å². The standard InChI is InChI=1S/C35H36O7/c1-37-35-33(40-24-28-18-10-4-11-19-28)31(39-23-27-16-8-3-9-17-27)30(38-22-26-14-6-2-7-15-26)32(42-35)34(36)41-25-29-20-12-5-13-21-29/h2-21,30-33,35H,22-25H2,1H3/t30-,31+,32+,33+,35-/m0/s1. The van der Waals surface area contributed by atoms with Gasteiger partial charge in [0.15, 0.2) is 12.4 Å². The van der Waals surface area contributed by atoms with Gasteiger partial charge in [0.1, 0.15) is 24.9 Å². The summed E-state index contributed by atoms with van der Waals surface area (Å²) in [6.45, 7) is 0.927. The summed E-state index contributed by atoms with van der Waals surface area (Å²) in [7, 11) is 1.52. The highest BCUT2D eigenvalue weighted by Crippen LogP contribution is 2.31. The Hall–Kier alpha value is -3.85. The molecular formula is C35H36O7. The van der Waals surface area contributed by atoms with E-state index in [0.717, 1.165) is 22.3 Å². The van der Waals surface area contributed by atoms with E-state index < -0.39 is 36.7 Å². The quantitative estimate of drug-likeness (QED) is 0.187. The van der Waals surface area contributed by atoms with Gasteiger partial charge in [-0.25, -0.2) is 4.79 Å². The van der Waals surface area contributed by atoms with Crippen molar-refractivity contribution >= 4 is 5.97 Å². The minimum Gasteiger partial charge on any atom is -0.459 e. The summed E-state index contributed by atoms with van der Waals surface area (Å²) in [5.41, 5.74) is 3.78. The molecule has 7 heteroatoms. The van der Waals surface area contributed by atoms with Gasteiger partial charge in [-0.2, -0.15) is 0 Å². The molecule has 5 atom stereocenters. The molecule has 4 aromatic carbocycles. The van der Waals surface area contributed by atoms with Crippen molar-refractivity contribution in [3.63, 3.8) is 0 Å². The molecule has 218 valence electrons. The summed E-state index contributed by atoms with van der Waals surface area (Å²) in [5.74, 6) is -0.561. The highest BCUT2D eigenvalue weighted by atomic mass is 16.7. The maximum Gasteiger partial charge on any atom is 0.338 e. The molecule has 0 radical (unpaired) electrons. The second-order valence-corrected chi connectivity index (χ2v) is 10.0. The van der Waals surface area contributed by atoms with Crippen LogP contribution >= 0.6 is 0 Å². The van der Waals surface area contributed by atoms with Crippen LogP contribution in [0, 0.1) is 0 Å². The zero-order chi connectivity index (χ0) is 29.0. The average Bonchev–Trinajstić information content (AvgIpc) is 3.06. The topological polar surface area (TPSA) is 72.5 Å². The molecule has 0 amide bonds. The van der Waals surface area contributed by atoms with E-state index in [4.69, 9.17) is 28.4 Å². The highest BCUT2D eigenvalue weighted by molar-refractivity contribution is 5.76. The predicted molar refractivity (Wildman–Crippen MR) is 157 cm³/mol. The molecule has 7 nitrogen and oxygen atoms in total. The van der Waals surface area contributed by atoms with Crippen molar-refractivity contribution in [2.75, 3.05) is 7.11 Å². The lowest BCUT2D eigenvalue weighted by Crippen LogP contribution is -2.62. The van der Waals surface area contributed by atoms with Crippen molar-refractivity contribution in [1.82, 2.24) is 0 Å². The lowest BCUT2D eigenvalue weighted by Gasteiger charge is -2.44. The highest BCUT2D eigenvalue weighted by Gasteiger charge is 2.52. The van der Waals surface area contributed by atoms with E-state index in [1.807, 2.05) is 121 Å². The first kappa shape index (κ1) is 29.6. The van der Waals surface area contributed by atoms with E-state index >= 15 is 0 Å². The molecule has 1 aliphatic heterocycles. The number of ether oxygens (including phenoxy) is 6. The van der Waals surface area contributed by atoms with Crippen LogP contribution in [-0.4, -0.2) is 43.8 Å². The molecule has 0 aliphatic carbocycles. The van der Waals surface area contributed by atoms with Gasteiger partial charge in [-0.15, -0.1) is 0 Å². The van der Waals surface area contributed by atoms with Crippen LogP contribution in [0.3, 0.4) is 0 Å². The van der Waals surface area contributed by atoms with Crippen LogP contribution in [0.4, 0.5) is 0 Å². The zero-order valence-electron chi connectivity index (χ0n) is 23.6. The van der Waals surface area contributed by atoms with Gasteiger partial charge in [0.05, 0.1) is 19.8 Å². The van der Waals surface area contributed by atoms with Gasteiger partial charge < -0.3 is 28.4 Å². The maximum atomic E-state index is 13.6. The fourth-order valence-corrected chi connectivity index (χ4v) is 4.85. The summed E-state index contributed by atoms with van der Waals surface area (Å²) in [6, 6.07) is 38.9. The monoisotopic (exact) mass is 568 g/mol. The first-order valence-corrected chi connectivity index (χ1v) is 14.1. The number of esters is 1. The fraction of sp³-hybridized carbons (Fsp3) is 0.286. The molecular weight excluding hydrogens is 532 g/mol. The third-order valence-corrected chi connectivity index (χ3v) is 7.04. The van der Waals surface area contributed by atoms with Crippen molar-refractivity contribution in [2.24, 2.45) is 0 Å². The minimum absolute atomic E-state index is 0.103. The number of carbonyl (C=O) groups is 1. The Morgan fingerprint density at radius 1 is 0.548 bits per heavy atom. The van der Waals surface area contributed by atoms with E-state index in [0.29, 0.717) is 6.61 Å². The zero-order valence-corrected chi connectivity index (χ0v) is 23.6. The van der Waals surface area contributed by atoms with E-state index in [2.05, 4.69) is 0 Å². The Morgan fingerprint density at radius 2 is 0.929 bits per heavy atom. The molecule has 0 unspecified atom stereocenters. The second kappa shape index (κ2) is 15.4. The summed E-state index contributed by atoms with van der Waals surface area (Å²) < 4.78 is 37.1. The van der Waals surface area contributed by atoms with E-state index in [-0.39, 0.29) is 19.8 Å². The lowest BCUT2D eigenvalue weighted by molar-refractivity contribution is -0.315. The van der Waals surface area contributed by atoms with Crippen molar-refractivity contribution in [3.05, 3.63) is 144 Å². The number of hydrogen-bond acceptors (Lipinski definition) is 7. The van der Waals surface area contributed by atoms with Crippen molar-refractivity contribution in [2.45, 2.75) is 57.1 Å². The fourth-order valence-electron chi connectivity index (χ4n) is 4.85. The largest absolute Gasteiger partial charge is 0.459 e. The van der Waals surface area contributed by atoms with Crippen LogP contribution in [0.2, 0.25) is 0 Å². The first-order chi connectivity index (χ1) is 20.7. The van der Waals surface area contributed by atoms with Crippen LogP contribution in [0.25, 0.3) is 0 Å². The number of carbonyl (C=O) groups excluding carboxylic acids is 1. The molecule has 0 N–H and O–H groups in total. The third-order valence-electron chi connectivity index (χ3n) is 7.04. The van der Waals surface area contributed by atoms with Crippen molar-refractivity contribution in [1.29, 1.82) is 0 Å². The molecule has 0 spiro atoms. The molecule has 0 aromatic heterocycles. The van der Waals surface area contributed by atoms with E-state index in [9.17, 15) is 4.79 Å². The molecule has 1 saturated heterocycles. The predicted octanol–water partition coefficient (Wildman–Crippen LogP) is 5.86. The molecule has 5 rings (SSSR count). The normalized spacial score (nSPS) is 22.0. The molecule has 0 bridgehead atoms. The van der Waals surface area contributed by atoms with Gasteiger partial charge in [-0.1, -0.05) is 121 Å². The van der Waals surface area contributed by atoms with Crippen LogP contribution in [-0.2, 0) is 59.6 Å². The van der Waals surface area contributed by atoms with E-state index in [1.165, 1.54) is 7.11 Å². The Balaban J connectivity index is 1.42. The Bertz CT molecular complexity index is 1340. The average molecular weight is 569 g/mol. The molecule has 1 heterocycles. The lowest BCUT2D eigenvalue weighted by atomic mass is 9.97. The van der Waals surface area contributed by atoms with E-state index in [1.54, 1.807) is 0 Å². The van der Waals surface area contributed by atoms with Gasteiger partial charge in [0.25, 0.3) is 0 Å². The van der Waals surface area contributed by atoms with Crippen LogP contribution in [0.15, 0.2) is 121 Å². The molecule has 42 heavy (non-hydrogen) atoms. The minimum atomic E-state index is -1.11. The van der Waals surface area contributed by atoms with Crippen molar-refractivity contribution < 1.29 is 33.2 Å². The number of benzene rings is 4. The van der Waals surface area contributed by atoms with Gasteiger partial charge in [0, 0.05) is 7.11 Å².